The van der Waals surface area contributed by atoms with E-state index in [4.69, 9.17) is 0 Å². The van der Waals surface area contributed by atoms with Gasteiger partial charge in [-0.05, 0) is 42.2 Å². The van der Waals surface area contributed by atoms with Gasteiger partial charge in [0.25, 0.3) is 5.91 Å². The largest absolute Gasteiger partial charge is 0.350 e. The monoisotopic (exact) mass is 362 g/mol. The Morgan fingerprint density at radius 1 is 1.11 bits per heavy atom. The number of carbonyl (C=O) groups excluding carboxylic acids is 1. The molecule has 0 radical (unpaired) electrons. The van der Waals surface area contributed by atoms with Gasteiger partial charge in [-0.15, -0.1) is 0 Å². The van der Waals surface area contributed by atoms with Gasteiger partial charge in [0.1, 0.15) is 11.5 Å². The Morgan fingerprint density at radius 2 is 1.93 bits per heavy atom. The first kappa shape index (κ1) is 17.1. The second kappa shape index (κ2) is 7.53. The lowest BCUT2D eigenvalue weighted by atomic mass is 10.1. The van der Waals surface area contributed by atoms with E-state index in [-0.39, 0.29) is 11.7 Å². The number of benzene rings is 2. The zero-order chi connectivity index (χ0) is 18.6. The molecule has 0 saturated carbocycles. The lowest BCUT2D eigenvalue weighted by Crippen LogP contribution is -2.27. The number of carbonyl (C=O) groups is 1. The maximum atomic E-state index is 13.6. The summed E-state index contributed by atoms with van der Waals surface area (Å²) in [7, 11) is 0. The van der Waals surface area contributed by atoms with E-state index < -0.39 is 0 Å². The van der Waals surface area contributed by atoms with Gasteiger partial charge < -0.3 is 10.2 Å². The number of para-hydroxylation sites is 1. The minimum Gasteiger partial charge on any atom is -0.350 e. The first-order valence-electron chi connectivity index (χ1n) is 8.92. The van der Waals surface area contributed by atoms with Crippen LogP contribution in [0.4, 0.5) is 16.0 Å². The van der Waals surface area contributed by atoms with Crippen LogP contribution in [-0.2, 0) is 12.8 Å². The van der Waals surface area contributed by atoms with Crippen LogP contribution in [0.15, 0.2) is 60.8 Å². The molecule has 1 aromatic heterocycles. The second-order valence-corrected chi connectivity index (χ2v) is 6.37. The van der Waals surface area contributed by atoms with Crippen molar-refractivity contribution in [3.63, 3.8) is 0 Å². The normalized spacial score (nSPS) is 12.7. The van der Waals surface area contributed by atoms with Crippen LogP contribution >= 0.6 is 0 Å². The zero-order valence-corrected chi connectivity index (χ0v) is 14.7. The Balaban J connectivity index is 1.43. The smallest absolute Gasteiger partial charge is 0.270 e. The Morgan fingerprint density at radius 3 is 2.81 bits per heavy atom. The van der Waals surface area contributed by atoms with Crippen LogP contribution < -0.4 is 10.2 Å². The van der Waals surface area contributed by atoms with Crippen LogP contribution in [-0.4, -0.2) is 29.0 Å². The van der Waals surface area contributed by atoms with E-state index in [1.54, 1.807) is 30.5 Å². The molecule has 0 spiro atoms. The highest BCUT2D eigenvalue weighted by atomic mass is 19.1. The maximum Gasteiger partial charge on any atom is 0.270 e. The third-order valence-electron chi connectivity index (χ3n) is 4.64. The van der Waals surface area contributed by atoms with Gasteiger partial charge in [-0.3, -0.25) is 4.79 Å². The van der Waals surface area contributed by atoms with Crippen molar-refractivity contribution in [1.29, 1.82) is 0 Å². The van der Waals surface area contributed by atoms with Gasteiger partial charge in [-0.1, -0.05) is 36.4 Å². The fourth-order valence-corrected chi connectivity index (χ4v) is 3.25. The van der Waals surface area contributed by atoms with Crippen molar-refractivity contribution in [3.8, 4) is 0 Å². The Bertz CT molecular complexity index is 976. The Kier molecular flexibility index (Phi) is 4.78. The molecule has 2 heterocycles. The number of fused-ring (bicyclic) bond motifs is 1. The van der Waals surface area contributed by atoms with E-state index in [1.807, 2.05) is 23.1 Å². The molecule has 2 aromatic carbocycles. The molecule has 1 aliphatic heterocycles. The van der Waals surface area contributed by atoms with Gasteiger partial charge in [0.2, 0.25) is 5.95 Å². The summed E-state index contributed by atoms with van der Waals surface area (Å²) >= 11 is 0. The average molecular weight is 362 g/mol. The Hall–Kier alpha value is -3.28. The van der Waals surface area contributed by atoms with Crippen LogP contribution in [0.1, 0.15) is 21.6 Å². The molecule has 0 fully saturated rings. The van der Waals surface area contributed by atoms with Crippen LogP contribution in [0, 0.1) is 5.82 Å². The average Bonchev–Trinajstić information content (AvgIpc) is 3.14. The number of hydrogen-bond donors (Lipinski definition) is 1. The van der Waals surface area contributed by atoms with Gasteiger partial charge in [0, 0.05) is 25.0 Å². The summed E-state index contributed by atoms with van der Waals surface area (Å²) in [6.07, 6.45) is 2.95. The fourth-order valence-electron chi connectivity index (χ4n) is 3.25. The lowest BCUT2D eigenvalue weighted by Gasteiger charge is -2.17. The number of hydrogen-bond acceptors (Lipinski definition) is 4. The third kappa shape index (κ3) is 3.65. The van der Waals surface area contributed by atoms with Crippen LogP contribution in [0.2, 0.25) is 0 Å². The molecule has 1 aliphatic rings. The SMILES string of the molecule is O=C(NCCc1ccccc1F)c1ccnc(N2CCc3ccccc32)n1. The molecule has 6 heteroatoms. The van der Waals surface area contributed by atoms with Crippen molar-refractivity contribution >= 4 is 17.5 Å². The molecule has 27 heavy (non-hydrogen) atoms. The predicted molar refractivity (Wildman–Crippen MR) is 102 cm³/mol. The van der Waals surface area contributed by atoms with Crippen LogP contribution in [0.25, 0.3) is 0 Å². The molecule has 0 saturated heterocycles. The van der Waals surface area contributed by atoms with Gasteiger partial charge in [0.15, 0.2) is 0 Å². The number of amides is 1. The third-order valence-corrected chi connectivity index (χ3v) is 4.64. The first-order valence-corrected chi connectivity index (χ1v) is 8.92. The molecule has 0 bridgehead atoms. The number of anilines is 2. The van der Waals surface area contributed by atoms with Crippen molar-refractivity contribution < 1.29 is 9.18 Å². The number of nitrogens with one attached hydrogen (secondary N) is 1. The van der Waals surface area contributed by atoms with Crippen molar-refractivity contribution in [3.05, 3.63) is 83.4 Å². The van der Waals surface area contributed by atoms with Gasteiger partial charge in [-0.25, -0.2) is 14.4 Å². The lowest BCUT2D eigenvalue weighted by molar-refractivity contribution is 0.0949. The minimum absolute atomic E-state index is 0.260. The van der Waals surface area contributed by atoms with E-state index in [0.717, 1.165) is 18.7 Å². The van der Waals surface area contributed by atoms with E-state index in [1.165, 1.54) is 11.6 Å². The van der Waals surface area contributed by atoms with Crippen molar-refractivity contribution in [2.45, 2.75) is 12.8 Å². The summed E-state index contributed by atoms with van der Waals surface area (Å²) in [5, 5.41) is 2.80. The summed E-state index contributed by atoms with van der Waals surface area (Å²) < 4.78 is 13.6. The van der Waals surface area contributed by atoms with Crippen molar-refractivity contribution in [2.24, 2.45) is 0 Å². The highest BCUT2D eigenvalue weighted by Crippen LogP contribution is 2.31. The molecule has 1 amide bonds. The van der Waals surface area contributed by atoms with Crippen LogP contribution in [0.3, 0.4) is 0 Å². The summed E-state index contributed by atoms with van der Waals surface area (Å²) in [5.74, 6) is -0.0343. The van der Waals surface area contributed by atoms with Gasteiger partial charge in [-0.2, -0.15) is 0 Å². The van der Waals surface area contributed by atoms with Crippen molar-refractivity contribution in [2.75, 3.05) is 18.0 Å². The molecule has 1 N–H and O–H groups in total. The van der Waals surface area contributed by atoms with E-state index in [0.29, 0.717) is 30.2 Å². The number of rotatable bonds is 5. The van der Waals surface area contributed by atoms with E-state index >= 15 is 0 Å². The maximum absolute atomic E-state index is 13.6. The van der Waals surface area contributed by atoms with Crippen LogP contribution in [0.5, 0.6) is 0 Å². The standard InChI is InChI=1S/C21H19FN4O/c22-17-7-3-1-5-15(17)9-12-23-20(27)18-10-13-24-21(25-18)26-14-11-16-6-2-4-8-19(16)26/h1-8,10,13H,9,11-12,14H2,(H,23,27). The molecule has 0 atom stereocenters. The van der Waals surface area contributed by atoms with E-state index in [2.05, 4.69) is 21.4 Å². The van der Waals surface area contributed by atoms with E-state index in [9.17, 15) is 9.18 Å². The number of aromatic nitrogens is 2. The molecule has 136 valence electrons. The summed E-state index contributed by atoms with van der Waals surface area (Å²) in [5.41, 5.74) is 3.21. The van der Waals surface area contributed by atoms with Gasteiger partial charge >= 0.3 is 0 Å². The molecule has 3 aromatic rings. The summed E-state index contributed by atoms with van der Waals surface area (Å²) in [6.45, 7) is 1.13. The molecule has 0 aliphatic carbocycles. The second-order valence-electron chi connectivity index (χ2n) is 6.37. The quantitative estimate of drug-likeness (QED) is 0.757. The van der Waals surface area contributed by atoms with Gasteiger partial charge in [0.05, 0.1) is 0 Å². The van der Waals surface area contributed by atoms with Crippen molar-refractivity contribution in [1.82, 2.24) is 15.3 Å². The molecule has 0 unspecified atom stereocenters. The molecular formula is C21H19FN4O. The minimum atomic E-state index is -0.289. The zero-order valence-electron chi connectivity index (χ0n) is 14.7. The Labute approximate surface area is 156 Å². The topological polar surface area (TPSA) is 58.1 Å². The number of halogens is 1. The molecule has 5 nitrogen and oxygen atoms in total. The highest BCUT2D eigenvalue weighted by molar-refractivity contribution is 5.92. The fraction of sp³-hybridized carbons (Fsp3) is 0.190. The molecule has 4 rings (SSSR count). The number of nitrogens with zero attached hydrogens (tertiary/aromatic N) is 3. The highest BCUT2D eigenvalue weighted by Gasteiger charge is 2.22. The predicted octanol–water partition coefficient (Wildman–Crippen LogP) is 3.28. The molecular weight excluding hydrogens is 343 g/mol. The first-order chi connectivity index (χ1) is 13.2. The summed E-state index contributed by atoms with van der Waals surface area (Å²) in [6, 6.07) is 16.3. The summed E-state index contributed by atoms with van der Waals surface area (Å²) in [4.78, 5) is 23.2.